The van der Waals surface area contributed by atoms with E-state index in [4.69, 9.17) is 11.6 Å². The number of hydrogen-bond donors (Lipinski definition) is 1. The lowest BCUT2D eigenvalue weighted by atomic mass is 9.91. The highest BCUT2D eigenvalue weighted by atomic mass is 35.5. The molecule has 2 heterocycles. The summed E-state index contributed by atoms with van der Waals surface area (Å²) in [7, 11) is -3.98. The summed E-state index contributed by atoms with van der Waals surface area (Å²) in [6.45, 7) is 1.75. The molecule has 0 bridgehead atoms. The number of nitrogens with one attached hydrogen (secondary N) is 1. The molecule has 2 amide bonds. The normalized spacial score (nSPS) is 20.4. The van der Waals surface area contributed by atoms with Crippen LogP contribution in [-0.4, -0.2) is 49.0 Å². The third-order valence-corrected chi connectivity index (χ3v) is 9.87. The Kier molecular flexibility index (Phi) is 8.71. The molecule has 228 valence electrons. The van der Waals surface area contributed by atoms with E-state index in [0.717, 1.165) is 15.3 Å². The predicted molar refractivity (Wildman–Crippen MR) is 157 cm³/mol. The third kappa shape index (κ3) is 6.65. The molecule has 1 saturated heterocycles. The number of sulfonamides is 1. The molecule has 8 nitrogen and oxygen atoms in total. The lowest BCUT2D eigenvalue weighted by Gasteiger charge is -2.37. The quantitative estimate of drug-likeness (QED) is 0.367. The monoisotopic (exact) mass is 634 g/mol. The molecule has 1 aromatic heterocycles. The average Bonchev–Trinajstić information content (AvgIpc) is 3.27. The zero-order chi connectivity index (χ0) is 30.9. The van der Waals surface area contributed by atoms with Gasteiger partial charge in [-0.2, -0.15) is 0 Å². The lowest BCUT2D eigenvalue weighted by molar-refractivity contribution is -0.128. The van der Waals surface area contributed by atoms with E-state index in [1.807, 2.05) is 0 Å². The van der Waals surface area contributed by atoms with E-state index in [1.54, 1.807) is 25.1 Å². The Labute approximate surface area is 252 Å². The SMILES string of the molecule is Cc1ccnc(N2[C@H](C(=O)N(c3cccc(F)c3)[C@H](C(=O)NC3CCC(F)(F)CC3)c3ccccc3Cl)CCS2(=O)=O)c1. The molecule has 13 heteroatoms. The van der Waals surface area contributed by atoms with Crippen LogP contribution in [0.2, 0.25) is 5.02 Å². The molecular formula is C30H30ClF3N4O4S. The second kappa shape index (κ2) is 12.2. The van der Waals surface area contributed by atoms with Gasteiger partial charge in [-0.15, -0.1) is 0 Å². The Morgan fingerprint density at radius 1 is 1.07 bits per heavy atom. The first kappa shape index (κ1) is 30.8. The summed E-state index contributed by atoms with van der Waals surface area (Å²) in [5.41, 5.74) is 0.898. The average molecular weight is 635 g/mol. The Bertz CT molecular complexity index is 1630. The molecule has 3 aromatic rings. The molecule has 2 fully saturated rings. The largest absolute Gasteiger partial charge is 0.351 e. The fraction of sp³-hybridized carbons (Fsp3) is 0.367. The van der Waals surface area contributed by atoms with Gasteiger partial charge in [0.1, 0.15) is 23.7 Å². The summed E-state index contributed by atoms with van der Waals surface area (Å²) >= 11 is 6.55. The van der Waals surface area contributed by atoms with Gasteiger partial charge in [0.25, 0.3) is 5.91 Å². The molecule has 1 N–H and O–H groups in total. The number of pyridine rings is 1. The van der Waals surface area contributed by atoms with Gasteiger partial charge in [-0.05, 0) is 68.1 Å². The minimum Gasteiger partial charge on any atom is -0.351 e. The van der Waals surface area contributed by atoms with E-state index in [-0.39, 0.29) is 47.1 Å². The summed E-state index contributed by atoms with van der Waals surface area (Å²) < 4.78 is 69.7. The second-order valence-corrected chi connectivity index (χ2v) is 13.2. The van der Waals surface area contributed by atoms with Gasteiger partial charge in [0.15, 0.2) is 0 Å². The molecule has 5 rings (SSSR count). The fourth-order valence-corrected chi connectivity index (χ4v) is 7.51. The van der Waals surface area contributed by atoms with Gasteiger partial charge >= 0.3 is 0 Å². The van der Waals surface area contributed by atoms with Crippen molar-refractivity contribution in [3.63, 3.8) is 0 Å². The van der Waals surface area contributed by atoms with Crippen LogP contribution in [0.4, 0.5) is 24.7 Å². The number of aromatic nitrogens is 1. The summed E-state index contributed by atoms with van der Waals surface area (Å²) in [6.07, 6.45) is 0.555. The Balaban J connectivity index is 1.61. The van der Waals surface area contributed by atoms with Gasteiger partial charge in [0.05, 0.1) is 5.75 Å². The molecule has 1 aliphatic heterocycles. The predicted octanol–water partition coefficient (Wildman–Crippen LogP) is 5.56. The van der Waals surface area contributed by atoms with Crippen LogP contribution in [0.1, 0.15) is 49.3 Å². The maximum atomic E-state index is 14.6. The molecule has 0 spiro atoms. The molecule has 1 aliphatic carbocycles. The van der Waals surface area contributed by atoms with E-state index in [1.165, 1.54) is 42.6 Å². The van der Waals surface area contributed by atoms with E-state index < -0.39 is 64.5 Å². The van der Waals surface area contributed by atoms with Gasteiger partial charge in [0, 0.05) is 41.4 Å². The van der Waals surface area contributed by atoms with Crippen LogP contribution in [0.15, 0.2) is 66.9 Å². The van der Waals surface area contributed by atoms with E-state index in [9.17, 15) is 31.2 Å². The molecular weight excluding hydrogens is 605 g/mol. The number of carbonyl (C=O) groups is 2. The first-order valence-corrected chi connectivity index (χ1v) is 15.8. The smallest absolute Gasteiger partial charge is 0.252 e. The first-order chi connectivity index (χ1) is 20.4. The molecule has 0 unspecified atom stereocenters. The van der Waals surface area contributed by atoms with Crippen LogP contribution in [0, 0.1) is 12.7 Å². The summed E-state index contributed by atoms with van der Waals surface area (Å²) in [4.78, 5) is 33.9. The first-order valence-electron chi connectivity index (χ1n) is 13.8. The van der Waals surface area contributed by atoms with Crippen molar-refractivity contribution in [1.82, 2.24) is 10.3 Å². The van der Waals surface area contributed by atoms with Crippen molar-refractivity contribution in [3.05, 3.63) is 88.8 Å². The van der Waals surface area contributed by atoms with E-state index in [2.05, 4.69) is 10.3 Å². The summed E-state index contributed by atoms with van der Waals surface area (Å²) in [5, 5.41) is 2.92. The Morgan fingerprint density at radius 2 is 1.79 bits per heavy atom. The maximum absolute atomic E-state index is 14.6. The van der Waals surface area contributed by atoms with Gasteiger partial charge in [-0.25, -0.2) is 30.9 Å². The summed E-state index contributed by atoms with van der Waals surface area (Å²) in [5.74, 6) is -5.35. The number of aryl methyl sites for hydroxylation is 1. The second-order valence-electron chi connectivity index (χ2n) is 10.9. The molecule has 1 saturated carbocycles. The molecule has 2 aromatic carbocycles. The standard InChI is InChI=1S/C30H30ClF3N4O4S/c1-19-11-15-35-26(17-19)38-25(12-16-43(38,41)42)29(40)37(22-6-4-5-20(32)18-22)27(23-7-2-3-8-24(23)31)28(39)36-21-9-13-30(33,34)14-10-21/h2-8,11,15,17-18,21,25,27H,9-10,12-14,16H2,1H3,(H,36,39)/t25-,27-/m0/s1. The number of rotatable bonds is 7. The summed E-state index contributed by atoms with van der Waals surface area (Å²) in [6, 6.07) is 11.1. The number of halogens is 4. The van der Waals surface area contributed by atoms with Crippen LogP contribution in [-0.2, 0) is 19.6 Å². The molecule has 2 atom stereocenters. The van der Waals surface area contributed by atoms with Crippen LogP contribution < -0.4 is 14.5 Å². The van der Waals surface area contributed by atoms with E-state index in [0.29, 0.717) is 5.56 Å². The van der Waals surface area contributed by atoms with Crippen LogP contribution in [0.5, 0.6) is 0 Å². The highest BCUT2D eigenvalue weighted by Crippen LogP contribution is 2.38. The van der Waals surface area contributed by atoms with Crippen molar-refractivity contribution < 1.29 is 31.2 Å². The lowest BCUT2D eigenvalue weighted by Crippen LogP contribution is -2.53. The van der Waals surface area contributed by atoms with Crippen molar-refractivity contribution in [2.45, 2.75) is 63.1 Å². The van der Waals surface area contributed by atoms with Gasteiger partial charge in [-0.3, -0.25) is 14.5 Å². The van der Waals surface area contributed by atoms with Gasteiger partial charge in [-0.1, -0.05) is 35.9 Å². The Hall–Kier alpha value is -3.64. The number of hydrogen-bond acceptors (Lipinski definition) is 5. The molecule has 0 radical (unpaired) electrons. The zero-order valence-corrected chi connectivity index (χ0v) is 24.8. The minimum atomic E-state index is -3.98. The van der Waals surface area contributed by atoms with Gasteiger partial charge in [0.2, 0.25) is 21.9 Å². The third-order valence-electron chi connectivity index (χ3n) is 7.74. The number of alkyl halides is 2. The number of carbonyl (C=O) groups excluding carboxylic acids is 2. The topological polar surface area (TPSA) is 99.7 Å². The highest BCUT2D eigenvalue weighted by Gasteiger charge is 2.47. The fourth-order valence-electron chi connectivity index (χ4n) is 5.59. The van der Waals surface area contributed by atoms with Crippen molar-refractivity contribution >= 4 is 44.9 Å². The number of amides is 2. The number of nitrogens with zero attached hydrogens (tertiary/aromatic N) is 3. The zero-order valence-electron chi connectivity index (χ0n) is 23.2. The van der Waals surface area contributed by atoms with Gasteiger partial charge < -0.3 is 5.32 Å². The number of anilines is 2. The molecule has 2 aliphatic rings. The van der Waals surface area contributed by atoms with E-state index >= 15 is 0 Å². The van der Waals surface area contributed by atoms with Crippen LogP contribution in [0.25, 0.3) is 0 Å². The van der Waals surface area contributed by atoms with Crippen molar-refractivity contribution in [3.8, 4) is 0 Å². The number of benzene rings is 2. The Morgan fingerprint density at radius 3 is 2.47 bits per heavy atom. The maximum Gasteiger partial charge on any atom is 0.252 e. The van der Waals surface area contributed by atoms with Crippen molar-refractivity contribution in [2.24, 2.45) is 0 Å². The minimum absolute atomic E-state index is 0.0123. The van der Waals surface area contributed by atoms with Crippen LogP contribution >= 0.6 is 11.6 Å². The van der Waals surface area contributed by atoms with Crippen molar-refractivity contribution in [2.75, 3.05) is 15.0 Å². The molecule has 43 heavy (non-hydrogen) atoms. The van der Waals surface area contributed by atoms with Crippen molar-refractivity contribution in [1.29, 1.82) is 0 Å². The van der Waals surface area contributed by atoms with Crippen LogP contribution in [0.3, 0.4) is 0 Å². The highest BCUT2D eigenvalue weighted by molar-refractivity contribution is 7.93.